The fourth-order valence-electron chi connectivity index (χ4n) is 1.28. The number of nitrogens with zero attached hydrogens (tertiary/aromatic N) is 4. The number of halogens is 1. The summed E-state index contributed by atoms with van der Waals surface area (Å²) in [5, 5.41) is 12.2. The molecule has 0 amide bonds. The first kappa shape index (κ1) is 10.0. The Balaban J connectivity index is 2.48. The van der Waals surface area contributed by atoms with Crippen molar-refractivity contribution < 1.29 is 0 Å². The summed E-state index contributed by atoms with van der Waals surface area (Å²) < 4.78 is 1.65. The lowest BCUT2D eigenvalue weighted by atomic mass is 10.2. The number of rotatable bonds is 3. The van der Waals surface area contributed by atoms with Gasteiger partial charge < -0.3 is 0 Å². The number of benzene rings is 1. The maximum atomic E-state index is 3.90. The molecule has 0 radical (unpaired) electrons. The molecule has 0 N–H and O–H groups in total. The van der Waals surface area contributed by atoms with Crippen molar-refractivity contribution >= 4 is 22.0 Å². The average molecular weight is 265 g/mol. The lowest BCUT2D eigenvalue weighted by Crippen LogP contribution is -1.99. The molecule has 4 nitrogen and oxygen atoms in total. The van der Waals surface area contributed by atoms with Crippen LogP contribution in [-0.2, 0) is 5.33 Å². The van der Waals surface area contributed by atoms with Crippen LogP contribution in [0.4, 0.5) is 0 Å². The molecular formula is C10H9BrN4. The predicted octanol–water partition coefficient (Wildman–Crippen LogP) is 2.20. The van der Waals surface area contributed by atoms with Gasteiger partial charge >= 0.3 is 0 Å². The van der Waals surface area contributed by atoms with Gasteiger partial charge in [0.1, 0.15) is 0 Å². The zero-order chi connectivity index (χ0) is 10.7. The van der Waals surface area contributed by atoms with Gasteiger partial charge in [-0.3, -0.25) is 0 Å². The average Bonchev–Trinajstić information content (AvgIpc) is 2.77. The van der Waals surface area contributed by atoms with E-state index in [2.05, 4.69) is 38.0 Å². The van der Waals surface area contributed by atoms with E-state index < -0.39 is 0 Å². The van der Waals surface area contributed by atoms with E-state index in [1.807, 2.05) is 24.3 Å². The zero-order valence-corrected chi connectivity index (χ0v) is 9.55. The van der Waals surface area contributed by atoms with Gasteiger partial charge in [-0.25, -0.2) is 0 Å². The molecule has 0 aliphatic carbocycles. The number of aromatic nitrogens is 4. The van der Waals surface area contributed by atoms with Crippen molar-refractivity contribution in [2.24, 2.45) is 0 Å². The summed E-state index contributed by atoms with van der Waals surface area (Å²) in [7, 11) is 0. The minimum absolute atomic E-state index is 0.640. The minimum Gasteiger partial charge on any atom is -0.193 e. The summed E-state index contributed by atoms with van der Waals surface area (Å²) in [4.78, 5) is 0. The molecule has 0 fully saturated rings. The van der Waals surface area contributed by atoms with E-state index in [-0.39, 0.29) is 0 Å². The standard InChI is InChI=1S/C10H9BrN4/c1-2-10-12-13-14-15(10)9-5-3-4-8(6-9)7-11/h2-6H,1,7H2. The second kappa shape index (κ2) is 4.35. The van der Waals surface area contributed by atoms with E-state index in [4.69, 9.17) is 0 Å². The van der Waals surface area contributed by atoms with Crippen LogP contribution in [0.1, 0.15) is 11.4 Å². The number of tetrazole rings is 1. The molecule has 2 rings (SSSR count). The van der Waals surface area contributed by atoms with Crippen LogP contribution in [0, 0.1) is 0 Å². The van der Waals surface area contributed by atoms with E-state index in [1.165, 1.54) is 5.56 Å². The van der Waals surface area contributed by atoms with Gasteiger partial charge in [-0.1, -0.05) is 34.6 Å². The van der Waals surface area contributed by atoms with Crippen LogP contribution < -0.4 is 0 Å². The van der Waals surface area contributed by atoms with Crippen LogP contribution in [0.15, 0.2) is 30.8 Å². The zero-order valence-electron chi connectivity index (χ0n) is 7.97. The molecule has 2 aromatic rings. The molecule has 0 saturated carbocycles. The summed E-state index contributed by atoms with van der Waals surface area (Å²) in [6, 6.07) is 7.99. The minimum atomic E-state index is 0.640. The second-order valence-corrected chi connectivity index (χ2v) is 3.52. The van der Waals surface area contributed by atoms with Crippen LogP contribution in [0.25, 0.3) is 11.8 Å². The normalized spacial score (nSPS) is 10.2. The lowest BCUT2D eigenvalue weighted by molar-refractivity contribution is 0.786. The quantitative estimate of drug-likeness (QED) is 0.799. The van der Waals surface area contributed by atoms with Gasteiger partial charge in [0.2, 0.25) is 0 Å². The first-order chi connectivity index (χ1) is 7.35. The molecular weight excluding hydrogens is 256 g/mol. The fraction of sp³-hybridized carbons (Fsp3) is 0.100. The van der Waals surface area contributed by atoms with E-state index in [0.29, 0.717) is 5.82 Å². The number of hydrogen-bond donors (Lipinski definition) is 0. The highest BCUT2D eigenvalue weighted by Crippen LogP contribution is 2.13. The maximum Gasteiger partial charge on any atom is 0.179 e. The van der Waals surface area contributed by atoms with Crippen molar-refractivity contribution in [2.45, 2.75) is 5.33 Å². The molecule has 15 heavy (non-hydrogen) atoms. The summed E-state index contributed by atoms with van der Waals surface area (Å²) in [5.41, 5.74) is 2.12. The lowest BCUT2D eigenvalue weighted by Gasteiger charge is -2.03. The van der Waals surface area contributed by atoms with Gasteiger partial charge in [0.25, 0.3) is 0 Å². The molecule has 1 aromatic carbocycles. The largest absolute Gasteiger partial charge is 0.193 e. The topological polar surface area (TPSA) is 43.6 Å². The highest BCUT2D eigenvalue weighted by atomic mass is 79.9. The Bertz CT molecular complexity index is 478. The molecule has 0 bridgehead atoms. The molecule has 0 aliphatic heterocycles. The number of alkyl halides is 1. The molecule has 0 unspecified atom stereocenters. The van der Waals surface area contributed by atoms with Crippen molar-refractivity contribution in [1.29, 1.82) is 0 Å². The Morgan fingerprint density at radius 1 is 1.47 bits per heavy atom. The Morgan fingerprint density at radius 3 is 3.07 bits per heavy atom. The summed E-state index contributed by atoms with van der Waals surface area (Å²) in [6.07, 6.45) is 1.63. The maximum absolute atomic E-state index is 3.90. The van der Waals surface area contributed by atoms with Gasteiger partial charge in [0.15, 0.2) is 5.82 Å². The van der Waals surface area contributed by atoms with Gasteiger partial charge in [0.05, 0.1) is 5.69 Å². The van der Waals surface area contributed by atoms with Crippen molar-refractivity contribution in [3.63, 3.8) is 0 Å². The van der Waals surface area contributed by atoms with Crippen molar-refractivity contribution in [1.82, 2.24) is 20.2 Å². The van der Waals surface area contributed by atoms with E-state index in [0.717, 1.165) is 11.0 Å². The summed E-state index contributed by atoms with van der Waals surface area (Å²) in [5.74, 6) is 0.640. The van der Waals surface area contributed by atoms with Crippen molar-refractivity contribution in [3.05, 3.63) is 42.2 Å². The molecule has 76 valence electrons. The fourth-order valence-corrected chi connectivity index (χ4v) is 1.63. The van der Waals surface area contributed by atoms with Crippen LogP contribution in [0.5, 0.6) is 0 Å². The van der Waals surface area contributed by atoms with Crippen LogP contribution in [0.2, 0.25) is 0 Å². The van der Waals surface area contributed by atoms with Crippen molar-refractivity contribution in [3.8, 4) is 5.69 Å². The van der Waals surface area contributed by atoms with E-state index >= 15 is 0 Å². The Kier molecular flexibility index (Phi) is 2.91. The highest BCUT2D eigenvalue weighted by Gasteiger charge is 2.04. The molecule has 5 heteroatoms. The second-order valence-electron chi connectivity index (χ2n) is 2.96. The molecule has 1 heterocycles. The molecule has 0 saturated heterocycles. The van der Waals surface area contributed by atoms with Crippen LogP contribution in [0.3, 0.4) is 0 Å². The molecule has 0 aliphatic rings. The van der Waals surface area contributed by atoms with Gasteiger partial charge in [-0.05, 0) is 34.2 Å². The van der Waals surface area contributed by atoms with E-state index in [1.54, 1.807) is 10.8 Å². The van der Waals surface area contributed by atoms with Crippen LogP contribution in [-0.4, -0.2) is 20.2 Å². The Morgan fingerprint density at radius 2 is 2.33 bits per heavy atom. The van der Waals surface area contributed by atoms with Gasteiger partial charge in [-0.15, -0.1) is 5.10 Å². The number of hydrogen-bond acceptors (Lipinski definition) is 3. The van der Waals surface area contributed by atoms with Crippen LogP contribution >= 0.6 is 15.9 Å². The first-order valence-corrected chi connectivity index (χ1v) is 5.53. The van der Waals surface area contributed by atoms with E-state index in [9.17, 15) is 0 Å². The van der Waals surface area contributed by atoms with Crippen molar-refractivity contribution in [2.75, 3.05) is 0 Å². The highest BCUT2D eigenvalue weighted by molar-refractivity contribution is 9.08. The summed E-state index contributed by atoms with van der Waals surface area (Å²) in [6.45, 7) is 3.66. The smallest absolute Gasteiger partial charge is 0.179 e. The monoisotopic (exact) mass is 264 g/mol. The van der Waals surface area contributed by atoms with Gasteiger partial charge in [-0.2, -0.15) is 4.68 Å². The first-order valence-electron chi connectivity index (χ1n) is 4.41. The Labute approximate surface area is 95.7 Å². The third-order valence-corrected chi connectivity index (χ3v) is 2.63. The van der Waals surface area contributed by atoms with Gasteiger partial charge in [0, 0.05) is 5.33 Å². The third kappa shape index (κ3) is 1.97. The predicted molar refractivity (Wildman–Crippen MR) is 61.9 cm³/mol. The Hall–Kier alpha value is -1.49. The SMILES string of the molecule is C=Cc1nnnn1-c1cccc(CBr)c1. The third-order valence-electron chi connectivity index (χ3n) is 1.99. The summed E-state index contributed by atoms with van der Waals surface area (Å²) >= 11 is 3.41. The molecule has 0 spiro atoms. The molecule has 1 aromatic heterocycles. The molecule has 0 atom stereocenters.